The monoisotopic (exact) mass is 173 g/mol. The molecule has 0 heterocycles. The Hall–Kier alpha value is -1.10. The molecule has 0 bridgehead atoms. The zero-order valence-electron chi connectivity index (χ0n) is 6.95. The number of hydrogen-bond donors (Lipinski definition) is 3. The van der Waals surface area contributed by atoms with Gasteiger partial charge in [-0.25, -0.2) is 0 Å². The molecule has 5 nitrogen and oxygen atoms in total. The van der Waals surface area contributed by atoms with E-state index in [1.54, 1.807) is 0 Å². The minimum Gasteiger partial charge on any atom is -0.368 e. The molecular weight excluding hydrogens is 158 g/mol. The molecule has 2 amide bonds. The minimum atomic E-state index is -0.547. The topological polar surface area (TPSA) is 98.2 Å². The lowest BCUT2D eigenvalue weighted by molar-refractivity contribution is -0.122. The molecule has 0 saturated carbocycles. The fraction of sp³-hybridized carbons (Fsp3) is 0.714. The Morgan fingerprint density at radius 1 is 1.50 bits per heavy atom. The van der Waals surface area contributed by atoms with Crippen molar-refractivity contribution in [3.05, 3.63) is 0 Å². The molecule has 0 radical (unpaired) electrons. The van der Waals surface area contributed by atoms with Gasteiger partial charge in [0.25, 0.3) is 0 Å². The van der Waals surface area contributed by atoms with Crippen molar-refractivity contribution in [3.8, 4) is 0 Å². The Labute approximate surface area is 71.5 Å². The predicted octanol–water partition coefficient (Wildman–Crippen LogP) is -1.28. The largest absolute Gasteiger partial charge is 0.368 e. The number of primary amides is 1. The summed E-state index contributed by atoms with van der Waals surface area (Å²) in [6.45, 7) is 0.590. The van der Waals surface area contributed by atoms with Crippen molar-refractivity contribution in [3.63, 3.8) is 0 Å². The molecule has 70 valence electrons. The molecule has 0 aliphatic heterocycles. The summed E-state index contributed by atoms with van der Waals surface area (Å²) in [5.41, 5.74) is 10.3. The van der Waals surface area contributed by atoms with Gasteiger partial charge in [0, 0.05) is 0 Å². The van der Waals surface area contributed by atoms with Crippen LogP contribution in [-0.4, -0.2) is 24.9 Å². The molecule has 5 N–H and O–H groups in total. The quantitative estimate of drug-likeness (QED) is 0.330. The van der Waals surface area contributed by atoms with Crippen LogP contribution in [0.3, 0.4) is 0 Å². The first-order valence-corrected chi connectivity index (χ1v) is 3.91. The van der Waals surface area contributed by atoms with E-state index in [-0.39, 0.29) is 0 Å². The van der Waals surface area contributed by atoms with Crippen LogP contribution in [0, 0.1) is 0 Å². The van der Waals surface area contributed by atoms with Gasteiger partial charge in [-0.15, -0.1) is 0 Å². The summed E-state index contributed by atoms with van der Waals surface area (Å²) < 4.78 is 0. The second kappa shape index (κ2) is 6.60. The fourth-order valence-corrected chi connectivity index (χ4v) is 0.883. The lowest BCUT2D eigenvalue weighted by Crippen LogP contribution is -2.40. The minimum absolute atomic E-state index is 0.484. The van der Waals surface area contributed by atoms with E-state index < -0.39 is 11.9 Å². The zero-order chi connectivity index (χ0) is 9.40. The van der Waals surface area contributed by atoms with Crippen LogP contribution in [0.1, 0.15) is 19.3 Å². The van der Waals surface area contributed by atoms with E-state index in [0.29, 0.717) is 19.4 Å². The number of nitrogens with two attached hydrogens (primary N) is 2. The van der Waals surface area contributed by atoms with Crippen LogP contribution in [0.4, 0.5) is 0 Å². The van der Waals surface area contributed by atoms with Crippen LogP contribution in [0.15, 0.2) is 0 Å². The highest BCUT2D eigenvalue weighted by atomic mass is 16.2. The maximum Gasteiger partial charge on any atom is 0.239 e. The van der Waals surface area contributed by atoms with Gasteiger partial charge in [-0.2, -0.15) is 0 Å². The van der Waals surface area contributed by atoms with E-state index in [0.717, 1.165) is 12.8 Å². The third-order valence-corrected chi connectivity index (χ3v) is 1.56. The summed E-state index contributed by atoms with van der Waals surface area (Å²) in [6, 6.07) is -0.547. The van der Waals surface area contributed by atoms with Crippen LogP contribution >= 0.6 is 0 Å². The highest BCUT2D eigenvalue weighted by Gasteiger charge is 2.12. The van der Waals surface area contributed by atoms with Gasteiger partial charge in [-0.05, 0) is 25.8 Å². The van der Waals surface area contributed by atoms with Gasteiger partial charge in [0.2, 0.25) is 12.3 Å². The Morgan fingerprint density at radius 3 is 2.58 bits per heavy atom. The third-order valence-electron chi connectivity index (χ3n) is 1.56. The molecule has 0 aromatic rings. The first-order valence-electron chi connectivity index (χ1n) is 3.91. The molecule has 0 fully saturated rings. The summed E-state index contributed by atoms with van der Waals surface area (Å²) in [7, 11) is 0. The average molecular weight is 173 g/mol. The number of rotatable bonds is 7. The van der Waals surface area contributed by atoms with E-state index in [1.807, 2.05) is 0 Å². The van der Waals surface area contributed by atoms with Crippen LogP contribution in [0.25, 0.3) is 0 Å². The molecule has 0 aliphatic rings. The van der Waals surface area contributed by atoms with Crippen molar-refractivity contribution in [1.29, 1.82) is 0 Å². The number of hydrogen-bond acceptors (Lipinski definition) is 3. The Kier molecular flexibility index (Phi) is 6.00. The van der Waals surface area contributed by atoms with Crippen molar-refractivity contribution in [1.82, 2.24) is 5.32 Å². The predicted molar refractivity (Wildman–Crippen MR) is 45.1 cm³/mol. The summed E-state index contributed by atoms with van der Waals surface area (Å²) in [5, 5.41) is 2.35. The highest BCUT2D eigenvalue weighted by molar-refractivity contribution is 5.81. The van der Waals surface area contributed by atoms with Gasteiger partial charge in [0.05, 0.1) is 0 Å². The van der Waals surface area contributed by atoms with Crippen molar-refractivity contribution < 1.29 is 9.59 Å². The van der Waals surface area contributed by atoms with E-state index >= 15 is 0 Å². The van der Waals surface area contributed by atoms with Crippen molar-refractivity contribution in [2.75, 3.05) is 6.54 Å². The molecule has 5 heteroatoms. The average Bonchev–Trinajstić information content (AvgIpc) is 2.03. The second-order valence-electron chi connectivity index (χ2n) is 2.52. The van der Waals surface area contributed by atoms with E-state index in [9.17, 15) is 9.59 Å². The van der Waals surface area contributed by atoms with Gasteiger partial charge < -0.3 is 16.8 Å². The summed E-state index contributed by atoms with van der Waals surface area (Å²) >= 11 is 0. The molecule has 12 heavy (non-hydrogen) atoms. The highest BCUT2D eigenvalue weighted by Crippen LogP contribution is 1.98. The van der Waals surface area contributed by atoms with E-state index in [1.165, 1.54) is 0 Å². The summed E-state index contributed by atoms with van der Waals surface area (Å²) in [5.74, 6) is -0.501. The van der Waals surface area contributed by atoms with Crippen LogP contribution < -0.4 is 16.8 Å². The molecule has 0 unspecified atom stereocenters. The van der Waals surface area contributed by atoms with Gasteiger partial charge in [0.1, 0.15) is 6.04 Å². The number of unbranched alkanes of at least 4 members (excludes halogenated alkanes) is 1. The Bertz CT molecular complexity index is 150. The molecular formula is C7H15N3O2. The molecule has 0 aromatic carbocycles. The Morgan fingerprint density at radius 2 is 2.17 bits per heavy atom. The first kappa shape index (κ1) is 10.9. The second-order valence-corrected chi connectivity index (χ2v) is 2.52. The summed E-state index contributed by atoms with van der Waals surface area (Å²) in [4.78, 5) is 20.7. The van der Waals surface area contributed by atoms with Gasteiger partial charge >= 0.3 is 0 Å². The smallest absolute Gasteiger partial charge is 0.239 e. The molecule has 0 spiro atoms. The zero-order valence-corrected chi connectivity index (χ0v) is 6.95. The molecule has 0 aliphatic carbocycles. The summed E-state index contributed by atoms with van der Waals surface area (Å²) in [6.07, 6.45) is 2.68. The SMILES string of the molecule is NCCCC[C@H](NC=O)C(N)=O. The van der Waals surface area contributed by atoms with Gasteiger partial charge in [0.15, 0.2) is 0 Å². The standard InChI is InChI=1S/C7H15N3O2/c8-4-2-1-3-6(7(9)12)10-5-11/h5-6H,1-4,8H2,(H2,9,12)(H,10,11)/t6-/m0/s1. The number of carbonyl (C=O) groups is 2. The van der Waals surface area contributed by atoms with Crippen LogP contribution in [0.5, 0.6) is 0 Å². The number of carbonyl (C=O) groups excluding carboxylic acids is 2. The van der Waals surface area contributed by atoms with Crippen LogP contribution in [0.2, 0.25) is 0 Å². The van der Waals surface area contributed by atoms with Crippen molar-refractivity contribution in [2.45, 2.75) is 25.3 Å². The fourth-order valence-electron chi connectivity index (χ4n) is 0.883. The van der Waals surface area contributed by atoms with Gasteiger partial charge in [-0.3, -0.25) is 9.59 Å². The maximum atomic E-state index is 10.7. The normalized spacial score (nSPS) is 12.1. The first-order chi connectivity index (χ1) is 5.72. The van der Waals surface area contributed by atoms with Crippen molar-refractivity contribution >= 4 is 12.3 Å². The van der Waals surface area contributed by atoms with Crippen molar-refractivity contribution in [2.24, 2.45) is 11.5 Å². The lowest BCUT2D eigenvalue weighted by atomic mass is 10.1. The molecule has 0 aromatic heterocycles. The molecule has 0 rings (SSSR count). The third kappa shape index (κ3) is 4.68. The lowest BCUT2D eigenvalue weighted by Gasteiger charge is -2.10. The molecule has 1 atom stereocenters. The number of nitrogens with one attached hydrogen (secondary N) is 1. The van der Waals surface area contributed by atoms with E-state index in [4.69, 9.17) is 11.5 Å². The van der Waals surface area contributed by atoms with Gasteiger partial charge in [-0.1, -0.05) is 0 Å². The Balaban J connectivity index is 3.63. The van der Waals surface area contributed by atoms with Crippen LogP contribution in [-0.2, 0) is 9.59 Å². The van der Waals surface area contributed by atoms with E-state index in [2.05, 4.69) is 5.32 Å². The number of amides is 2. The molecule has 0 saturated heterocycles. The maximum absolute atomic E-state index is 10.7.